The topological polar surface area (TPSA) is 73.9 Å². The number of piperidine rings is 1. The molecule has 2 aromatic rings. The van der Waals surface area contributed by atoms with Crippen LogP contribution in [-0.4, -0.2) is 45.1 Å². The minimum atomic E-state index is -0.302. The summed E-state index contributed by atoms with van der Waals surface area (Å²) in [6.07, 6.45) is 1.93. The minimum Gasteiger partial charge on any atom is -0.382 e. The van der Waals surface area contributed by atoms with Crippen LogP contribution in [0.2, 0.25) is 0 Å². The van der Waals surface area contributed by atoms with Gasteiger partial charge in [-0.25, -0.2) is 4.98 Å². The Hall–Kier alpha value is -2.37. The third kappa shape index (κ3) is 4.18. The molecule has 3 rings (SSSR count). The van der Waals surface area contributed by atoms with Crippen LogP contribution in [0.25, 0.3) is 11.4 Å². The number of benzene rings is 1. The molecule has 1 aromatic carbocycles. The van der Waals surface area contributed by atoms with Crippen molar-refractivity contribution >= 4 is 11.6 Å². The highest BCUT2D eigenvalue weighted by molar-refractivity contribution is 5.81. The Morgan fingerprint density at radius 2 is 2.00 bits per heavy atom. The van der Waals surface area contributed by atoms with E-state index < -0.39 is 0 Å². The number of carbonyl (C=O) groups is 1. The summed E-state index contributed by atoms with van der Waals surface area (Å²) in [5.74, 6) is 1.77. The Morgan fingerprint density at radius 3 is 2.60 bits per heavy atom. The number of carbonyl (C=O) groups excluding carboxylic acids is 1. The van der Waals surface area contributed by atoms with Crippen molar-refractivity contribution in [3.63, 3.8) is 0 Å². The van der Waals surface area contributed by atoms with Gasteiger partial charge in [0.2, 0.25) is 5.91 Å². The largest absolute Gasteiger partial charge is 0.382 e. The molecule has 6 heteroatoms. The van der Waals surface area contributed by atoms with Crippen molar-refractivity contribution in [3.8, 4) is 11.4 Å². The van der Waals surface area contributed by atoms with Gasteiger partial charge in [0, 0.05) is 35.8 Å². The average Bonchev–Trinajstić information content (AvgIpc) is 3.01. The second-order valence-corrected chi connectivity index (χ2v) is 7.79. The lowest BCUT2D eigenvalue weighted by atomic mass is 9.93. The van der Waals surface area contributed by atoms with Gasteiger partial charge in [-0.15, -0.1) is 0 Å². The number of likely N-dealkylation sites (tertiary alicyclic amines) is 1. The number of nitrogens with one attached hydrogen (secondary N) is 2. The maximum absolute atomic E-state index is 12.4. The third-order valence-electron chi connectivity index (χ3n) is 4.51. The van der Waals surface area contributed by atoms with E-state index in [9.17, 15) is 4.79 Å². The lowest BCUT2D eigenvalue weighted by molar-refractivity contribution is -0.140. The van der Waals surface area contributed by atoms with Gasteiger partial charge in [0.1, 0.15) is 5.82 Å². The number of aryl methyl sites for hydroxylation is 1. The van der Waals surface area contributed by atoms with Crippen LogP contribution in [0.5, 0.6) is 0 Å². The second kappa shape index (κ2) is 6.86. The number of nitrogens with zero attached hydrogens (tertiary/aromatic N) is 3. The van der Waals surface area contributed by atoms with Crippen molar-refractivity contribution in [2.75, 3.05) is 18.4 Å². The fraction of sp³-hybridized carbons (Fsp3) is 0.526. The Morgan fingerprint density at radius 1 is 1.28 bits per heavy atom. The SMILES string of the molecule is Cc1nc(-c2cccc(NC3CCN(C(=O)C(C)(C)C)CC3)c2)n[nH]1. The minimum absolute atomic E-state index is 0.243. The van der Waals surface area contributed by atoms with Crippen LogP contribution >= 0.6 is 0 Å². The molecular weight excluding hydrogens is 314 g/mol. The van der Waals surface area contributed by atoms with Crippen molar-refractivity contribution in [1.29, 1.82) is 0 Å². The van der Waals surface area contributed by atoms with Gasteiger partial charge in [-0.3, -0.25) is 9.89 Å². The van der Waals surface area contributed by atoms with E-state index in [4.69, 9.17) is 0 Å². The van der Waals surface area contributed by atoms with E-state index in [-0.39, 0.29) is 11.3 Å². The van der Waals surface area contributed by atoms with E-state index in [1.54, 1.807) is 0 Å². The van der Waals surface area contributed by atoms with E-state index in [0.29, 0.717) is 11.9 Å². The Balaban J connectivity index is 1.60. The molecule has 0 spiro atoms. The van der Waals surface area contributed by atoms with Crippen LogP contribution in [-0.2, 0) is 4.79 Å². The molecular formula is C19H27N5O. The molecule has 2 N–H and O–H groups in total. The van der Waals surface area contributed by atoms with Gasteiger partial charge in [0.05, 0.1) is 0 Å². The maximum atomic E-state index is 12.4. The summed E-state index contributed by atoms with van der Waals surface area (Å²) >= 11 is 0. The van der Waals surface area contributed by atoms with Gasteiger partial charge < -0.3 is 10.2 Å². The number of rotatable bonds is 3. The van der Waals surface area contributed by atoms with Crippen molar-refractivity contribution in [2.24, 2.45) is 5.41 Å². The van der Waals surface area contributed by atoms with Crippen LogP contribution in [0, 0.1) is 12.3 Å². The summed E-state index contributed by atoms with van der Waals surface area (Å²) in [6, 6.07) is 8.55. The van der Waals surface area contributed by atoms with Gasteiger partial charge in [0.15, 0.2) is 5.82 Å². The first-order chi connectivity index (χ1) is 11.8. The number of aromatic amines is 1. The molecule has 1 aliphatic rings. The van der Waals surface area contributed by atoms with Gasteiger partial charge in [-0.1, -0.05) is 32.9 Å². The van der Waals surface area contributed by atoms with Crippen LogP contribution in [0.15, 0.2) is 24.3 Å². The highest BCUT2D eigenvalue weighted by atomic mass is 16.2. The summed E-state index contributed by atoms with van der Waals surface area (Å²) in [4.78, 5) is 18.8. The zero-order valence-corrected chi connectivity index (χ0v) is 15.5. The fourth-order valence-electron chi connectivity index (χ4n) is 3.16. The predicted molar refractivity (Wildman–Crippen MR) is 99.2 cm³/mol. The smallest absolute Gasteiger partial charge is 0.227 e. The van der Waals surface area contributed by atoms with E-state index in [1.807, 2.05) is 44.7 Å². The molecule has 6 nitrogen and oxygen atoms in total. The molecule has 0 radical (unpaired) electrons. The maximum Gasteiger partial charge on any atom is 0.227 e. The molecule has 1 amide bonds. The summed E-state index contributed by atoms with van der Waals surface area (Å²) in [5.41, 5.74) is 1.76. The summed E-state index contributed by atoms with van der Waals surface area (Å²) in [6.45, 7) is 9.47. The zero-order valence-electron chi connectivity index (χ0n) is 15.5. The van der Waals surface area contributed by atoms with Crippen molar-refractivity contribution < 1.29 is 4.79 Å². The first kappa shape index (κ1) is 17.5. The molecule has 1 aromatic heterocycles. The molecule has 1 fully saturated rings. The first-order valence-electron chi connectivity index (χ1n) is 8.88. The molecule has 25 heavy (non-hydrogen) atoms. The number of hydrogen-bond donors (Lipinski definition) is 2. The number of aromatic nitrogens is 3. The zero-order chi connectivity index (χ0) is 18.0. The highest BCUT2D eigenvalue weighted by Gasteiger charge is 2.30. The predicted octanol–water partition coefficient (Wildman–Crippen LogP) is 3.23. The Bertz CT molecular complexity index is 738. The second-order valence-electron chi connectivity index (χ2n) is 7.79. The molecule has 0 aliphatic carbocycles. The van der Waals surface area contributed by atoms with Crippen molar-refractivity contribution in [1.82, 2.24) is 20.1 Å². The quantitative estimate of drug-likeness (QED) is 0.899. The number of H-pyrrole nitrogens is 1. The lowest BCUT2D eigenvalue weighted by Crippen LogP contribution is -2.46. The van der Waals surface area contributed by atoms with Crippen LogP contribution in [0.1, 0.15) is 39.4 Å². The molecule has 1 aliphatic heterocycles. The molecule has 2 heterocycles. The standard InChI is InChI=1S/C19H27N5O/c1-13-20-17(23-22-13)14-6-5-7-16(12-14)21-15-8-10-24(11-9-15)18(25)19(2,3)4/h5-7,12,15,21H,8-11H2,1-4H3,(H,20,22,23). The molecule has 0 bridgehead atoms. The monoisotopic (exact) mass is 341 g/mol. The van der Waals surface area contributed by atoms with Gasteiger partial charge >= 0.3 is 0 Å². The molecule has 1 saturated heterocycles. The Kier molecular flexibility index (Phi) is 4.79. The molecule has 134 valence electrons. The van der Waals surface area contributed by atoms with Gasteiger partial charge in [-0.2, -0.15) is 5.10 Å². The third-order valence-corrected chi connectivity index (χ3v) is 4.51. The van der Waals surface area contributed by atoms with E-state index >= 15 is 0 Å². The van der Waals surface area contributed by atoms with Gasteiger partial charge in [-0.05, 0) is 31.9 Å². The van der Waals surface area contributed by atoms with Crippen LogP contribution < -0.4 is 5.32 Å². The lowest BCUT2D eigenvalue weighted by Gasteiger charge is -2.36. The van der Waals surface area contributed by atoms with Gasteiger partial charge in [0.25, 0.3) is 0 Å². The Labute approximate surface area is 149 Å². The summed E-state index contributed by atoms with van der Waals surface area (Å²) in [5, 5.41) is 10.7. The number of anilines is 1. The number of hydrogen-bond acceptors (Lipinski definition) is 4. The first-order valence-corrected chi connectivity index (χ1v) is 8.88. The van der Waals surface area contributed by atoms with E-state index in [1.165, 1.54) is 0 Å². The van der Waals surface area contributed by atoms with Crippen LogP contribution in [0.4, 0.5) is 5.69 Å². The number of amides is 1. The normalized spacial score (nSPS) is 16.1. The fourth-order valence-corrected chi connectivity index (χ4v) is 3.16. The van der Waals surface area contributed by atoms with E-state index in [0.717, 1.165) is 43.0 Å². The molecule has 0 unspecified atom stereocenters. The van der Waals surface area contributed by atoms with Crippen molar-refractivity contribution in [2.45, 2.75) is 46.6 Å². The summed E-state index contributed by atoms with van der Waals surface area (Å²) in [7, 11) is 0. The summed E-state index contributed by atoms with van der Waals surface area (Å²) < 4.78 is 0. The van der Waals surface area contributed by atoms with Crippen LogP contribution in [0.3, 0.4) is 0 Å². The molecule has 0 saturated carbocycles. The highest BCUT2D eigenvalue weighted by Crippen LogP contribution is 2.24. The van der Waals surface area contributed by atoms with E-state index in [2.05, 4.69) is 32.6 Å². The molecule has 0 atom stereocenters. The average molecular weight is 341 g/mol. The van der Waals surface area contributed by atoms with Crippen molar-refractivity contribution in [3.05, 3.63) is 30.1 Å².